The molecule has 158 valence electrons. The van der Waals surface area contributed by atoms with Crippen LogP contribution in [-0.2, 0) is 5.41 Å². The van der Waals surface area contributed by atoms with Crippen LogP contribution in [0.2, 0.25) is 0 Å². The quantitative estimate of drug-likeness (QED) is 0.277. The van der Waals surface area contributed by atoms with Crippen molar-refractivity contribution in [2.75, 3.05) is 22.9 Å². The number of fused-ring (bicyclic) bond motifs is 3. The van der Waals surface area contributed by atoms with Gasteiger partial charge < -0.3 is 28.0 Å². The number of hydrogen-bond donors (Lipinski definition) is 5. The van der Waals surface area contributed by atoms with E-state index in [-0.39, 0.29) is 11.3 Å². The van der Waals surface area contributed by atoms with E-state index >= 15 is 0 Å². The average Bonchev–Trinajstić information content (AvgIpc) is 3.02. The largest absolute Gasteiger partial charge is 0.478 e. The van der Waals surface area contributed by atoms with Crippen LogP contribution in [0.15, 0.2) is 78.9 Å². The third-order valence-corrected chi connectivity index (χ3v) is 6.20. The monoisotopic (exact) mass is 422 g/mol. The number of aromatic carboxylic acids is 1. The van der Waals surface area contributed by atoms with E-state index in [2.05, 4.69) is 0 Å². The standard InChI is InChI=1S/C26H22N4O2/c27-16-5-1-3-14(9-16)26(15-4-2-6-17(28)10-15)22-11-18(29)7-8-19(22)20-12-21(25(31)32)24(30)13-23(20)26/h1-13H,27-30H2,(H,31,32). The first-order valence-corrected chi connectivity index (χ1v) is 10.1. The zero-order valence-corrected chi connectivity index (χ0v) is 17.2. The molecule has 1 aliphatic rings. The van der Waals surface area contributed by atoms with E-state index in [0.717, 1.165) is 33.4 Å². The Morgan fingerprint density at radius 3 is 1.78 bits per heavy atom. The maximum absolute atomic E-state index is 11.8. The molecule has 0 saturated carbocycles. The van der Waals surface area contributed by atoms with Gasteiger partial charge in [0.25, 0.3) is 0 Å². The molecule has 6 heteroatoms. The van der Waals surface area contributed by atoms with Gasteiger partial charge in [0.05, 0.1) is 11.0 Å². The molecule has 0 amide bonds. The van der Waals surface area contributed by atoms with Gasteiger partial charge in [-0.1, -0.05) is 30.3 Å². The summed E-state index contributed by atoms with van der Waals surface area (Å²) in [5.74, 6) is -1.08. The van der Waals surface area contributed by atoms with Crippen LogP contribution in [0.3, 0.4) is 0 Å². The maximum atomic E-state index is 11.8. The second-order valence-electron chi connectivity index (χ2n) is 8.10. The van der Waals surface area contributed by atoms with E-state index in [1.54, 1.807) is 12.1 Å². The minimum absolute atomic E-state index is 0.0578. The summed E-state index contributed by atoms with van der Waals surface area (Å²) in [5, 5.41) is 9.69. The van der Waals surface area contributed by atoms with Crippen LogP contribution in [0.5, 0.6) is 0 Å². The van der Waals surface area contributed by atoms with Gasteiger partial charge in [-0.15, -0.1) is 0 Å². The van der Waals surface area contributed by atoms with Crippen LogP contribution in [0, 0.1) is 0 Å². The van der Waals surface area contributed by atoms with Crippen molar-refractivity contribution in [3.63, 3.8) is 0 Å². The molecular formula is C26H22N4O2. The number of rotatable bonds is 3. The van der Waals surface area contributed by atoms with Crippen molar-refractivity contribution >= 4 is 28.7 Å². The fraction of sp³-hybridized carbons (Fsp3) is 0.0385. The summed E-state index contributed by atoms with van der Waals surface area (Å²) in [6.07, 6.45) is 0. The lowest BCUT2D eigenvalue weighted by atomic mass is 9.67. The van der Waals surface area contributed by atoms with Gasteiger partial charge in [-0.2, -0.15) is 0 Å². The lowest BCUT2D eigenvalue weighted by Gasteiger charge is -2.34. The van der Waals surface area contributed by atoms with Crippen LogP contribution in [0.4, 0.5) is 22.7 Å². The van der Waals surface area contributed by atoms with E-state index in [1.807, 2.05) is 66.7 Å². The number of carboxylic acids is 1. The van der Waals surface area contributed by atoms with Gasteiger partial charge >= 0.3 is 5.97 Å². The minimum atomic E-state index is -1.08. The molecule has 4 aromatic rings. The van der Waals surface area contributed by atoms with Gasteiger partial charge in [-0.05, 0) is 81.9 Å². The highest BCUT2D eigenvalue weighted by Gasteiger charge is 2.47. The second kappa shape index (κ2) is 6.78. The lowest BCUT2D eigenvalue weighted by Crippen LogP contribution is -2.29. The summed E-state index contributed by atoms with van der Waals surface area (Å²) in [4.78, 5) is 11.8. The molecule has 0 fully saturated rings. The van der Waals surface area contributed by atoms with Gasteiger partial charge in [0.2, 0.25) is 0 Å². The summed E-state index contributed by atoms with van der Waals surface area (Å²) in [6, 6.07) is 24.4. The minimum Gasteiger partial charge on any atom is -0.478 e. The van der Waals surface area contributed by atoms with Gasteiger partial charge in [-0.3, -0.25) is 0 Å². The molecule has 4 aromatic carbocycles. The van der Waals surface area contributed by atoms with E-state index in [0.29, 0.717) is 17.1 Å². The van der Waals surface area contributed by atoms with E-state index < -0.39 is 11.4 Å². The Morgan fingerprint density at radius 1 is 0.656 bits per heavy atom. The number of benzene rings is 4. The summed E-state index contributed by atoms with van der Waals surface area (Å²) in [6.45, 7) is 0. The highest BCUT2D eigenvalue weighted by molar-refractivity contribution is 5.99. The molecule has 0 aromatic heterocycles. The summed E-state index contributed by atoms with van der Waals surface area (Å²) < 4.78 is 0. The highest BCUT2D eigenvalue weighted by Crippen LogP contribution is 2.57. The zero-order valence-electron chi connectivity index (χ0n) is 17.2. The maximum Gasteiger partial charge on any atom is 0.337 e. The third kappa shape index (κ3) is 2.63. The molecule has 0 atom stereocenters. The molecule has 0 spiro atoms. The first-order valence-electron chi connectivity index (χ1n) is 10.1. The number of nitrogens with two attached hydrogens (primary N) is 4. The predicted molar refractivity (Wildman–Crippen MR) is 128 cm³/mol. The van der Waals surface area contributed by atoms with Gasteiger partial charge in [0, 0.05) is 22.7 Å². The lowest BCUT2D eigenvalue weighted by molar-refractivity contribution is 0.0698. The van der Waals surface area contributed by atoms with Crippen molar-refractivity contribution < 1.29 is 9.90 Å². The molecular weight excluding hydrogens is 400 g/mol. The van der Waals surface area contributed by atoms with Crippen LogP contribution in [0.25, 0.3) is 11.1 Å². The summed E-state index contributed by atoms with van der Waals surface area (Å²) >= 11 is 0. The SMILES string of the molecule is Nc1cccc(C2(c3cccc(N)c3)c3cc(N)ccc3-c3cc(C(=O)O)c(N)cc32)c1. The normalized spacial score (nSPS) is 13.4. The Balaban J connectivity index is 2.01. The molecule has 0 radical (unpaired) electrons. The Bertz CT molecular complexity index is 1370. The first-order chi connectivity index (χ1) is 15.3. The van der Waals surface area contributed by atoms with Gasteiger partial charge in [0.15, 0.2) is 0 Å². The fourth-order valence-corrected chi connectivity index (χ4v) is 4.92. The molecule has 0 bridgehead atoms. The van der Waals surface area contributed by atoms with Crippen molar-refractivity contribution in [2.45, 2.75) is 5.41 Å². The van der Waals surface area contributed by atoms with Crippen molar-refractivity contribution in [1.82, 2.24) is 0 Å². The number of nitrogen functional groups attached to an aromatic ring is 4. The Labute approximate surface area is 185 Å². The molecule has 6 nitrogen and oxygen atoms in total. The molecule has 32 heavy (non-hydrogen) atoms. The summed E-state index contributed by atoms with van der Waals surface area (Å²) in [5.41, 5.74) is 31.4. The topological polar surface area (TPSA) is 141 Å². The molecule has 0 heterocycles. The van der Waals surface area contributed by atoms with Gasteiger partial charge in [-0.25, -0.2) is 4.79 Å². The molecule has 0 saturated heterocycles. The van der Waals surface area contributed by atoms with Crippen LogP contribution in [-0.4, -0.2) is 11.1 Å². The smallest absolute Gasteiger partial charge is 0.337 e. The Morgan fingerprint density at radius 2 is 1.22 bits per heavy atom. The Kier molecular flexibility index (Phi) is 4.14. The molecule has 1 aliphatic carbocycles. The number of carbonyl (C=O) groups is 1. The summed E-state index contributed by atoms with van der Waals surface area (Å²) in [7, 11) is 0. The van der Waals surface area contributed by atoms with Crippen LogP contribution >= 0.6 is 0 Å². The zero-order chi connectivity index (χ0) is 22.6. The van der Waals surface area contributed by atoms with Crippen molar-refractivity contribution in [2.24, 2.45) is 0 Å². The van der Waals surface area contributed by atoms with E-state index in [4.69, 9.17) is 22.9 Å². The van der Waals surface area contributed by atoms with E-state index in [9.17, 15) is 9.90 Å². The van der Waals surface area contributed by atoms with Crippen molar-refractivity contribution in [1.29, 1.82) is 0 Å². The van der Waals surface area contributed by atoms with Crippen molar-refractivity contribution in [3.05, 3.63) is 107 Å². The molecule has 0 aliphatic heterocycles. The van der Waals surface area contributed by atoms with Crippen LogP contribution in [0.1, 0.15) is 32.6 Å². The van der Waals surface area contributed by atoms with Crippen LogP contribution < -0.4 is 22.9 Å². The second-order valence-corrected chi connectivity index (χ2v) is 8.10. The fourth-order valence-electron chi connectivity index (χ4n) is 4.92. The number of carboxylic acid groups (broad SMARTS) is 1. The molecule has 0 unspecified atom stereocenters. The third-order valence-electron chi connectivity index (χ3n) is 6.20. The molecule has 5 rings (SSSR count). The van der Waals surface area contributed by atoms with E-state index in [1.165, 1.54) is 0 Å². The number of anilines is 4. The highest BCUT2D eigenvalue weighted by atomic mass is 16.4. The molecule has 9 N–H and O–H groups in total. The number of hydrogen-bond acceptors (Lipinski definition) is 5. The Hall–Kier alpha value is -4.45. The van der Waals surface area contributed by atoms with Gasteiger partial charge in [0.1, 0.15) is 0 Å². The predicted octanol–water partition coefficient (Wildman–Crippen LogP) is 4.08. The average molecular weight is 422 g/mol. The van der Waals surface area contributed by atoms with Crippen molar-refractivity contribution in [3.8, 4) is 11.1 Å². The first kappa shape index (κ1) is 19.5.